The Morgan fingerprint density at radius 2 is 1.79 bits per heavy atom. The molecule has 2 N–H and O–H groups in total. The van der Waals surface area contributed by atoms with E-state index < -0.39 is 5.91 Å². The fraction of sp³-hybridized carbons (Fsp3) is 0.150. The maximum Gasteiger partial charge on any atom is 0.253 e. The number of halogens is 2. The minimum atomic E-state index is -0.434. The van der Waals surface area contributed by atoms with Crippen molar-refractivity contribution >= 4 is 35.0 Å². The monoisotopic (exact) mass is 416 g/mol. The lowest BCUT2D eigenvalue weighted by molar-refractivity contribution is -0.120. The molecule has 1 aromatic heterocycles. The molecule has 0 aliphatic carbocycles. The van der Waals surface area contributed by atoms with Crippen molar-refractivity contribution in [1.82, 2.24) is 20.4 Å². The Morgan fingerprint density at radius 1 is 1.00 bits per heavy atom. The highest BCUT2D eigenvalue weighted by Crippen LogP contribution is 2.20. The normalized spacial score (nSPS) is 10.5. The van der Waals surface area contributed by atoms with Gasteiger partial charge in [-0.05, 0) is 35.4 Å². The average Bonchev–Trinajstić information content (AvgIpc) is 3.18. The maximum atomic E-state index is 12.2. The molecule has 2 amide bonds. The van der Waals surface area contributed by atoms with E-state index in [4.69, 9.17) is 23.2 Å². The van der Waals surface area contributed by atoms with Crippen molar-refractivity contribution in [3.05, 3.63) is 87.7 Å². The Labute approximate surface area is 172 Å². The number of aromatic nitrogens is 2. The Morgan fingerprint density at radius 3 is 2.50 bits per heavy atom. The average molecular weight is 417 g/mol. The largest absolute Gasteiger partial charge is 0.350 e. The molecule has 0 bridgehead atoms. The highest BCUT2D eigenvalue weighted by atomic mass is 35.5. The summed E-state index contributed by atoms with van der Waals surface area (Å²) in [6.07, 6.45) is 3.60. The number of nitrogens with zero attached hydrogens (tertiary/aromatic N) is 2. The molecule has 6 nitrogen and oxygen atoms in total. The van der Waals surface area contributed by atoms with Crippen LogP contribution in [0.15, 0.2) is 60.9 Å². The van der Waals surface area contributed by atoms with Gasteiger partial charge in [-0.1, -0.05) is 47.5 Å². The van der Waals surface area contributed by atoms with Crippen molar-refractivity contribution in [3.8, 4) is 0 Å². The smallest absolute Gasteiger partial charge is 0.253 e. The van der Waals surface area contributed by atoms with E-state index in [1.165, 1.54) is 12.1 Å². The minimum Gasteiger partial charge on any atom is -0.350 e. The first kappa shape index (κ1) is 19.9. The molecular weight excluding hydrogens is 399 g/mol. The van der Waals surface area contributed by atoms with Gasteiger partial charge in [-0.15, -0.1) is 0 Å². The van der Waals surface area contributed by atoms with E-state index in [1.54, 1.807) is 12.3 Å². The third-order valence-electron chi connectivity index (χ3n) is 4.07. The van der Waals surface area contributed by atoms with Crippen LogP contribution in [0, 0.1) is 0 Å². The Hall–Kier alpha value is -2.83. The number of rotatable bonds is 7. The summed E-state index contributed by atoms with van der Waals surface area (Å²) in [5.41, 5.74) is 2.31. The third kappa shape index (κ3) is 5.34. The van der Waals surface area contributed by atoms with Crippen molar-refractivity contribution in [3.63, 3.8) is 0 Å². The molecular formula is C20H18Cl2N4O2. The van der Waals surface area contributed by atoms with Crippen LogP contribution in [0.2, 0.25) is 10.0 Å². The quantitative estimate of drug-likeness (QED) is 0.620. The van der Waals surface area contributed by atoms with Crippen LogP contribution >= 0.6 is 23.2 Å². The van der Waals surface area contributed by atoms with E-state index in [-0.39, 0.29) is 23.0 Å². The van der Waals surface area contributed by atoms with Crippen molar-refractivity contribution < 1.29 is 9.59 Å². The van der Waals surface area contributed by atoms with Crippen LogP contribution in [-0.2, 0) is 17.9 Å². The number of hydrogen-bond donors (Lipinski definition) is 2. The first-order chi connectivity index (χ1) is 13.5. The Balaban J connectivity index is 1.53. The van der Waals surface area contributed by atoms with E-state index in [9.17, 15) is 9.59 Å². The summed E-state index contributed by atoms with van der Waals surface area (Å²) in [5.74, 6) is -0.733. The maximum absolute atomic E-state index is 12.2. The zero-order chi connectivity index (χ0) is 19.9. The van der Waals surface area contributed by atoms with E-state index in [1.807, 2.05) is 41.2 Å². The molecule has 8 heteroatoms. The van der Waals surface area contributed by atoms with Gasteiger partial charge in [0.1, 0.15) is 0 Å². The van der Waals surface area contributed by atoms with Crippen LogP contribution in [0.1, 0.15) is 21.5 Å². The fourth-order valence-electron chi connectivity index (χ4n) is 2.64. The first-order valence-electron chi connectivity index (χ1n) is 8.57. The van der Waals surface area contributed by atoms with Gasteiger partial charge in [-0.25, -0.2) is 0 Å². The summed E-state index contributed by atoms with van der Waals surface area (Å²) in [6.45, 7) is 0.817. The van der Waals surface area contributed by atoms with Gasteiger partial charge in [0.15, 0.2) is 0 Å². The second-order valence-electron chi connectivity index (χ2n) is 6.06. The summed E-state index contributed by atoms with van der Waals surface area (Å²) in [4.78, 5) is 24.3. The van der Waals surface area contributed by atoms with Gasteiger partial charge in [0.25, 0.3) is 5.91 Å². The van der Waals surface area contributed by atoms with Crippen molar-refractivity contribution in [2.24, 2.45) is 0 Å². The SMILES string of the molecule is O=C(CNC(=O)c1ccc(Cl)cc1Cl)NCc1ccccc1Cn1cccn1. The van der Waals surface area contributed by atoms with Crippen molar-refractivity contribution in [1.29, 1.82) is 0 Å². The second-order valence-corrected chi connectivity index (χ2v) is 6.90. The number of benzene rings is 2. The van der Waals surface area contributed by atoms with Crippen LogP contribution in [0.4, 0.5) is 0 Å². The lowest BCUT2D eigenvalue weighted by Gasteiger charge is -2.12. The van der Waals surface area contributed by atoms with Crippen LogP contribution in [-0.4, -0.2) is 28.1 Å². The summed E-state index contributed by atoms with van der Waals surface area (Å²) in [5, 5.41) is 10.2. The van der Waals surface area contributed by atoms with Gasteiger partial charge < -0.3 is 10.6 Å². The van der Waals surface area contributed by atoms with Crippen LogP contribution in [0.3, 0.4) is 0 Å². The molecule has 0 unspecified atom stereocenters. The molecule has 0 saturated carbocycles. The summed E-state index contributed by atoms with van der Waals surface area (Å²) < 4.78 is 1.82. The van der Waals surface area contributed by atoms with Gasteiger partial charge in [0, 0.05) is 24.0 Å². The highest BCUT2D eigenvalue weighted by Gasteiger charge is 2.12. The molecule has 28 heavy (non-hydrogen) atoms. The predicted molar refractivity (Wildman–Crippen MR) is 108 cm³/mol. The molecule has 0 radical (unpaired) electrons. The van der Waals surface area contributed by atoms with Crippen LogP contribution < -0.4 is 10.6 Å². The number of carbonyl (C=O) groups is 2. The number of nitrogens with one attached hydrogen (secondary N) is 2. The molecule has 0 aliphatic rings. The summed E-state index contributed by atoms with van der Waals surface area (Å²) in [6, 6.07) is 14.2. The third-order valence-corrected chi connectivity index (χ3v) is 4.62. The van der Waals surface area contributed by atoms with E-state index in [0.717, 1.165) is 11.1 Å². The fourth-order valence-corrected chi connectivity index (χ4v) is 3.13. The van der Waals surface area contributed by atoms with Gasteiger partial charge in [-0.3, -0.25) is 14.3 Å². The molecule has 144 valence electrons. The zero-order valence-electron chi connectivity index (χ0n) is 14.9. The van der Waals surface area contributed by atoms with Crippen LogP contribution in [0.5, 0.6) is 0 Å². The van der Waals surface area contributed by atoms with Gasteiger partial charge in [-0.2, -0.15) is 5.10 Å². The highest BCUT2D eigenvalue weighted by molar-refractivity contribution is 6.36. The molecule has 2 aromatic carbocycles. The minimum absolute atomic E-state index is 0.154. The molecule has 0 saturated heterocycles. The summed E-state index contributed by atoms with van der Waals surface area (Å²) in [7, 11) is 0. The van der Waals surface area contributed by atoms with Crippen LogP contribution in [0.25, 0.3) is 0 Å². The molecule has 1 heterocycles. The first-order valence-corrected chi connectivity index (χ1v) is 9.32. The van der Waals surface area contributed by atoms with Gasteiger partial charge >= 0.3 is 0 Å². The van der Waals surface area contributed by atoms with Crippen molar-refractivity contribution in [2.75, 3.05) is 6.54 Å². The summed E-state index contributed by atoms with van der Waals surface area (Å²) >= 11 is 11.8. The predicted octanol–water partition coefficient (Wildman–Crippen LogP) is 3.28. The Bertz CT molecular complexity index is 974. The van der Waals surface area contributed by atoms with E-state index >= 15 is 0 Å². The molecule has 0 aliphatic heterocycles. The Kier molecular flexibility index (Phi) is 6.68. The van der Waals surface area contributed by atoms with E-state index in [0.29, 0.717) is 18.1 Å². The molecule has 0 fully saturated rings. The number of carbonyl (C=O) groups excluding carboxylic acids is 2. The zero-order valence-corrected chi connectivity index (χ0v) is 16.4. The molecule has 3 rings (SSSR count). The standard InChI is InChI=1S/C20H18Cl2N4O2/c21-16-6-7-17(18(22)10-16)20(28)24-12-19(27)23-11-14-4-1-2-5-15(14)13-26-9-3-8-25-26/h1-10H,11-13H2,(H,23,27)(H,24,28). The number of hydrogen-bond acceptors (Lipinski definition) is 3. The van der Waals surface area contributed by atoms with Gasteiger partial charge in [0.2, 0.25) is 5.91 Å². The molecule has 3 aromatic rings. The number of amides is 2. The lowest BCUT2D eigenvalue weighted by Crippen LogP contribution is -2.36. The second kappa shape index (κ2) is 9.39. The topological polar surface area (TPSA) is 76.0 Å². The lowest BCUT2D eigenvalue weighted by atomic mass is 10.1. The molecule has 0 atom stereocenters. The van der Waals surface area contributed by atoms with Gasteiger partial charge in [0.05, 0.1) is 23.7 Å². The molecule has 0 spiro atoms. The van der Waals surface area contributed by atoms with Crippen molar-refractivity contribution in [2.45, 2.75) is 13.1 Å². The van der Waals surface area contributed by atoms with E-state index in [2.05, 4.69) is 15.7 Å².